The van der Waals surface area contributed by atoms with Gasteiger partial charge >= 0.3 is 0 Å². The summed E-state index contributed by atoms with van der Waals surface area (Å²) in [5, 5.41) is 22.4. The fourth-order valence-electron chi connectivity index (χ4n) is 3.47. The smallest absolute Gasteiger partial charge is 0.188 e. The molecule has 0 saturated carbocycles. The average Bonchev–Trinajstić information content (AvgIpc) is 2.99. The number of hydrogen-bond donors (Lipinski definition) is 1. The molecule has 7 heteroatoms. The Bertz CT molecular complexity index is 1140. The SMILES string of the molecule is Cc1ccc2c(c1)[C@@H](C)Oc1cc(nnc1N)-c1c(nn(C)c1C#N)CC=C2. The van der Waals surface area contributed by atoms with Gasteiger partial charge < -0.3 is 10.5 Å². The van der Waals surface area contributed by atoms with Crippen LogP contribution in [0.2, 0.25) is 0 Å². The summed E-state index contributed by atoms with van der Waals surface area (Å²) in [5.41, 5.74) is 11.7. The molecule has 2 aromatic heterocycles. The van der Waals surface area contributed by atoms with E-state index < -0.39 is 0 Å². The van der Waals surface area contributed by atoms with Gasteiger partial charge in [0.25, 0.3) is 0 Å². The molecule has 0 amide bonds. The van der Waals surface area contributed by atoms with E-state index >= 15 is 0 Å². The van der Waals surface area contributed by atoms with Crippen LogP contribution in [0.5, 0.6) is 5.75 Å². The summed E-state index contributed by atoms with van der Waals surface area (Å²) in [7, 11) is 1.75. The number of nitriles is 1. The minimum atomic E-state index is -0.234. The fourth-order valence-corrected chi connectivity index (χ4v) is 3.47. The first-order valence-electron chi connectivity index (χ1n) is 9.01. The Morgan fingerprint density at radius 3 is 2.89 bits per heavy atom. The molecule has 3 heterocycles. The third kappa shape index (κ3) is 2.99. The summed E-state index contributed by atoms with van der Waals surface area (Å²) in [6.45, 7) is 4.03. The van der Waals surface area contributed by atoms with Crippen molar-refractivity contribution in [3.05, 3.63) is 58.4 Å². The van der Waals surface area contributed by atoms with E-state index in [1.54, 1.807) is 17.8 Å². The summed E-state index contributed by atoms with van der Waals surface area (Å²) in [5.74, 6) is 0.648. The van der Waals surface area contributed by atoms with Gasteiger partial charge in [-0.3, -0.25) is 4.68 Å². The number of aryl methyl sites for hydroxylation is 2. The van der Waals surface area contributed by atoms with Gasteiger partial charge in [-0.1, -0.05) is 35.9 Å². The van der Waals surface area contributed by atoms with Crippen molar-refractivity contribution in [3.8, 4) is 23.1 Å². The van der Waals surface area contributed by atoms with Crippen LogP contribution in [0.3, 0.4) is 0 Å². The van der Waals surface area contributed by atoms with Gasteiger partial charge in [-0.05, 0) is 25.0 Å². The molecular formula is C21H20N6O. The van der Waals surface area contributed by atoms with Crippen molar-refractivity contribution in [1.29, 1.82) is 5.26 Å². The molecule has 1 aromatic carbocycles. The van der Waals surface area contributed by atoms with Gasteiger partial charge in [0, 0.05) is 19.5 Å². The van der Waals surface area contributed by atoms with Crippen LogP contribution in [0.15, 0.2) is 30.3 Å². The second-order valence-electron chi connectivity index (χ2n) is 6.88. The minimum absolute atomic E-state index is 0.210. The van der Waals surface area contributed by atoms with Gasteiger partial charge in [0.1, 0.15) is 23.6 Å². The van der Waals surface area contributed by atoms with E-state index in [1.807, 2.05) is 13.0 Å². The Morgan fingerprint density at radius 1 is 1.29 bits per heavy atom. The van der Waals surface area contributed by atoms with Gasteiger partial charge in [-0.15, -0.1) is 10.2 Å². The highest BCUT2D eigenvalue weighted by Gasteiger charge is 2.22. The molecule has 0 unspecified atom stereocenters. The highest BCUT2D eigenvalue weighted by Crippen LogP contribution is 2.34. The van der Waals surface area contributed by atoms with E-state index in [0.717, 1.165) is 22.4 Å². The van der Waals surface area contributed by atoms with Crippen LogP contribution in [0.4, 0.5) is 5.82 Å². The Labute approximate surface area is 163 Å². The van der Waals surface area contributed by atoms with Crippen molar-refractivity contribution in [3.63, 3.8) is 0 Å². The van der Waals surface area contributed by atoms with Gasteiger partial charge in [0.15, 0.2) is 11.6 Å². The number of nitrogens with two attached hydrogens (primary N) is 1. The van der Waals surface area contributed by atoms with Crippen molar-refractivity contribution in [1.82, 2.24) is 20.0 Å². The molecule has 28 heavy (non-hydrogen) atoms. The minimum Gasteiger partial charge on any atom is -0.482 e. The fraction of sp³-hybridized carbons (Fsp3) is 0.238. The molecule has 3 aromatic rings. The van der Waals surface area contributed by atoms with E-state index in [1.165, 1.54) is 0 Å². The molecule has 0 radical (unpaired) electrons. The lowest BCUT2D eigenvalue weighted by Crippen LogP contribution is -2.09. The number of anilines is 1. The monoisotopic (exact) mass is 372 g/mol. The topological polar surface area (TPSA) is 103 Å². The molecule has 1 atom stereocenters. The number of benzene rings is 1. The molecule has 140 valence electrons. The number of nitrogen functional groups attached to an aromatic ring is 1. The van der Waals surface area contributed by atoms with E-state index in [0.29, 0.717) is 29.1 Å². The van der Waals surface area contributed by atoms with Crippen LogP contribution in [0.1, 0.15) is 41.1 Å². The first kappa shape index (κ1) is 17.7. The second kappa shape index (κ2) is 6.82. The van der Waals surface area contributed by atoms with Crippen LogP contribution in [-0.2, 0) is 13.5 Å². The van der Waals surface area contributed by atoms with Crippen LogP contribution in [0.25, 0.3) is 17.3 Å². The molecule has 4 rings (SSSR count). The Kier molecular flexibility index (Phi) is 4.32. The maximum Gasteiger partial charge on any atom is 0.188 e. The molecule has 2 bridgehead atoms. The predicted molar refractivity (Wildman–Crippen MR) is 106 cm³/mol. The van der Waals surface area contributed by atoms with E-state index in [4.69, 9.17) is 10.5 Å². The second-order valence-corrected chi connectivity index (χ2v) is 6.88. The van der Waals surface area contributed by atoms with Crippen molar-refractivity contribution < 1.29 is 4.74 Å². The number of fused-ring (bicyclic) bond motifs is 5. The van der Waals surface area contributed by atoms with E-state index in [-0.39, 0.29) is 11.9 Å². The molecule has 1 aliphatic heterocycles. The summed E-state index contributed by atoms with van der Waals surface area (Å²) in [4.78, 5) is 0. The summed E-state index contributed by atoms with van der Waals surface area (Å²) < 4.78 is 7.73. The van der Waals surface area contributed by atoms with Gasteiger partial charge in [0.05, 0.1) is 11.3 Å². The first-order chi connectivity index (χ1) is 13.5. The first-order valence-corrected chi connectivity index (χ1v) is 9.01. The molecule has 0 fully saturated rings. The largest absolute Gasteiger partial charge is 0.482 e. The molecule has 0 aliphatic carbocycles. The van der Waals surface area contributed by atoms with Gasteiger partial charge in [-0.2, -0.15) is 10.4 Å². The van der Waals surface area contributed by atoms with Crippen LogP contribution < -0.4 is 10.5 Å². The number of ether oxygens (including phenoxy) is 1. The quantitative estimate of drug-likeness (QED) is 0.649. The lowest BCUT2D eigenvalue weighted by molar-refractivity contribution is 0.227. The Hall–Kier alpha value is -3.66. The zero-order valence-electron chi connectivity index (χ0n) is 16.0. The molecule has 0 saturated heterocycles. The third-order valence-electron chi connectivity index (χ3n) is 4.86. The Balaban J connectivity index is 1.96. The lowest BCUT2D eigenvalue weighted by Gasteiger charge is -2.19. The number of rotatable bonds is 0. The average molecular weight is 372 g/mol. The molecular weight excluding hydrogens is 352 g/mol. The van der Waals surface area contributed by atoms with Gasteiger partial charge in [0.2, 0.25) is 0 Å². The van der Waals surface area contributed by atoms with Crippen molar-refractivity contribution >= 4 is 11.9 Å². The molecule has 0 spiro atoms. The number of aromatic nitrogens is 4. The summed E-state index contributed by atoms with van der Waals surface area (Å²) >= 11 is 0. The summed E-state index contributed by atoms with van der Waals surface area (Å²) in [6, 6.07) is 10.2. The zero-order chi connectivity index (χ0) is 19.8. The standard InChI is InChI=1S/C21H20N6O/c1-12-7-8-14-5-4-6-16-20(18(11-22)27(3)26-16)17-10-19(21(23)25-24-17)28-13(2)15(14)9-12/h4-5,7-10,13H,6H2,1-3H3,(H2,23,25)/t13-/m1/s1. The van der Waals surface area contributed by atoms with Crippen LogP contribution in [0, 0.1) is 18.3 Å². The number of allylic oxidation sites excluding steroid dienone is 1. The zero-order valence-corrected chi connectivity index (χ0v) is 16.0. The molecule has 7 nitrogen and oxygen atoms in total. The molecule has 2 N–H and O–H groups in total. The van der Waals surface area contributed by atoms with Crippen LogP contribution >= 0.6 is 0 Å². The maximum atomic E-state index is 9.60. The van der Waals surface area contributed by atoms with Gasteiger partial charge in [-0.25, -0.2) is 0 Å². The highest BCUT2D eigenvalue weighted by molar-refractivity contribution is 5.71. The van der Waals surface area contributed by atoms with Crippen molar-refractivity contribution in [2.24, 2.45) is 7.05 Å². The van der Waals surface area contributed by atoms with Crippen LogP contribution in [-0.4, -0.2) is 20.0 Å². The third-order valence-corrected chi connectivity index (χ3v) is 4.86. The number of nitrogens with zero attached hydrogens (tertiary/aromatic N) is 5. The maximum absolute atomic E-state index is 9.60. The Morgan fingerprint density at radius 2 is 2.11 bits per heavy atom. The van der Waals surface area contributed by atoms with E-state index in [9.17, 15) is 5.26 Å². The van der Waals surface area contributed by atoms with Crippen molar-refractivity contribution in [2.45, 2.75) is 26.4 Å². The number of hydrogen-bond acceptors (Lipinski definition) is 6. The lowest BCUT2D eigenvalue weighted by atomic mass is 9.99. The molecule has 1 aliphatic rings. The highest BCUT2D eigenvalue weighted by atomic mass is 16.5. The van der Waals surface area contributed by atoms with Crippen molar-refractivity contribution in [2.75, 3.05) is 5.73 Å². The normalized spacial score (nSPS) is 15.4. The van der Waals surface area contributed by atoms with E-state index in [2.05, 4.69) is 52.6 Å². The predicted octanol–water partition coefficient (Wildman–Crippen LogP) is 3.35. The summed E-state index contributed by atoms with van der Waals surface area (Å²) in [6.07, 6.45) is 4.43.